The highest BCUT2D eigenvalue weighted by atomic mass is 16.5. The summed E-state index contributed by atoms with van der Waals surface area (Å²) in [4.78, 5) is 11.2. The van der Waals surface area contributed by atoms with Crippen LogP contribution in [0.25, 0.3) is 0 Å². The van der Waals surface area contributed by atoms with Crippen LogP contribution in [0.2, 0.25) is 0 Å². The van der Waals surface area contributed by atoms with Gasteiger partial charge in [0, 0.05) is 32.6 Å². The zero-order valence-corrected chi connectivity index (χ0v) is 9.06. The van der Waals surface area contributed by atoms with Crippen molar-refractivity contribution in [1.29, 1.82) is 0 Å². The van der Waals surface area contributed by atoms with Gasteiger partial charge in [-0.05, 0) is 20.3 Å². The van der Waals surface area contributed by atoms with Crippen molar-refractivity contribution >= 4 is 5.91 Å². The largest absolute Gasteiger partial charge is 0.382 e. The lowest BCUT2D eigenvalue weighted by atomic mass is 10.3. The number of carbonyl (C=O) groups excluding carboxylic acids is 1. The maximum Gasteiger partial charge on any atom is 0.220 e. The second kappa shape index (κ2) is 10.1. The highest BCUT2D eigenvalue weighted by Gasteiger charge is 1.98. The van der Waals surface area contributed by atoms with E-state index in [4.69, 9.17) is 4.74 Å². The third kappa shape index (κ3) is 9.08. The van der Waals surface area contributed by atoms with Gasteiger partial charge in [0.1, 0.15) is 0 Å². The molecule has 80 valence electrons. The minimum Gasteiger partial charge on any atom is -0.382 e. The van der Waals surface area contributed by atoms with Crippen LogP contribution in [0.15, 0.2) is 0 Å². The molecule has 0 spiro atoms. The summed E-state index contributed by atoms with van der Waals surface area (Å²) in [5.41, 5.74) is 0. The molecule has 0 heterocycles. The van der Waals surface area contributed by atoms with Crippen molar-refractivity contribution in [3.8, 4) is 11.8 Å². The summed E-state index contributed by atoms with van der Waals surface area (Å²) in [6.07, 6.45) is 2.06. The van der Waals surface area contributed by atoms with Crippen LogP contribution in [0.4, 0.5) is 0 Å². The molecule has 0 aromatic heterocycles. The molecule has 0 saturated carbocycles. The number of rotatable bonds is 7. The van der Waals surface area contributed by atoms with Gasteiger partial charge in [0.05, 0.1) is 0 Å². The minimum atomic E-state index is 0.0857. The lowest BCUT2D eigenvalue weighted by molar-refractivity contribution is -0.121. The van der Waals surface area contributed by atoms with Gasteiger partial charge in [-0.1, -0.05) is 0 Å². The molecule has 0 unspecified atom stereocenters. The van der Waals surface area contributed by atoms with Crippen LogP contribution in [-0.4, -0.2) is 25.7 Å². The van der Waals surface area contributed by atoms with Gasteiger partial charge in [-0.2, -0.15) is 0 Å². The highest BCUT2D eigenvalue weighted by Crippen LogP contribution is 1.90. The second-order valence-electron chi connectivity index (χ2n) is 2.83. The van der Waals surface area contributed by atoms with Crippen molar-refractivity contribution in [2.75, 3.05) is 19.8 Å². The van der Waals surface area contributed by atoms with Crippen LogP contribution in [0.1, 0.15) is 33.1 Å². The van der Waals surface area contributed by atoms with E-state index in [1.165, 1.54) is 0 Å². The summed E-state index contributed by atoms with van der Waals surface area (Å²) < 4.78 is 5.12. The van der Waals surface area contributed by atoms with E-state index in [1.54, 1.807) is 6.92 Å². The lowest BCUT2D eigenvalue weighted by Gasteiger charge is -2.02. The van der Waals surface area contributed by atoms with Crippen LogP contribution >= 0.6 is 0 Å². The number of ether oxygens (including phenoxy) is 1. The van der Waals surface area contributed by atoms with E-state index in [0.717, 1.165) is 12.8 Å². The van der Waals surface area contributed by atoms with Gasteiger partial charge in [-0.15, -0.1) is 11.8 Å². The topological polar surface area (TPSA) is 38.3 Å². The molecule has 3 heteroatoms. The molecule has 0 atom stereocenters. The van der Waals surface area contributed by atoms with Crippen molar-refractivity contribution in [2.45, 2.75) is 33.1 Å². The molecule has 3 nitrogen and oxygen atoms in total. The van der Waals surface area contributed by atoms with E-state index < -0.39 is 0 Å². The highest BCUT2D eigenvalue weighted by molar-refractivity contribution is 5.75. The summed E-state index contributed by atoms with van der Waals surface area (Å²) in [6.45, 7) is 5.77. The maximum atomic E-state index is 11.2. The molecule has 0 bridgehead atoms. The van der Waals surface area contributed by atoms with Crippen molar-refractivity contribution in [3.05, 3.63) is 0 Å². The van der Waals surface area contributed by atoms with E-state index in [2.05, 4.69) is 17.2 Å². The van der Waals surface area contributed by atoms with Gasteiger partial charge in [0.15, 0.2) is 0 Å². The number of hydrogen-bond acceptors (Lipinski definition) is 2. The number of carbonyl (C=O) groups is 1. The first-order chi connectivity index (χ1) is 6.81. The smallest absolute Gasteiger partial charge is 0.220 e. The van der Waals surface area contributed by atoms with E-state index in [0.29, 0.717) is 26.2 Å². The quantitative estimate of drug-likeness (QED) is 0.494. The average Bonchev–Trinajstić information content (AvgIpc) is 2.19. The Kier molecular flexibility index (Phi) is 9.35. The fraction of sp³-hybridized carbons (Fsp3) is 0.727. The molecule has 0 saturated heterocycles. The van der Waals surface area contributed by atoms with E-state index >= 15 is 0 Å². The first-order valence-corrected chi connectivity index (χ1v) is 5.05. The molecule has 0 aromatic rings. The zero-order valence-electron chi connectivity index (χ0n) is 9.06. The second-order valence-corrected chi connectivity index (χ2v) is 2.83. The summed E-state index contributed by atoms with van der Waals surface area (Å²) >= 11 is 0. The summed E-state index contributed by atoms with van der Waals surface area (Å²) in [5.74, 6) is 5.76. The maximum absolute atomic E-state index is 11.2. The Morgan fingerprint density at radius 2 is 2.29 bits per heavy atom. The first kappa shape index (κ1) is 13.0. The fourth-order valence-electron chi connectivity index (χ4n) is 0.957. The van der Waals surface area contributed by atoms with E-state index in [9.17, 15) is 4.79 Å². The van der Waals surface area contributed by atoms with Gasteiger partial charge in [-0.25, -0.2) is 0 Å². The van der Waals surface area contributed by atoms with Gasteiger partial charge < -0.3 is 10.1 Å². The SMILES string of the molecule is CC#CCCNC(=O)CCCOCC. The Hall–Kier alpha value is -1.01. The number of nitrogens with one attached hydrogen (secondary N) is 1. The van der Waals surface area contributed by atoms with Gasteiger partial charge in [0.25, 0.3) is 0 Å². The Morgan fingerprint density at radius 3 is 2.93 bits per heavy atom. The summed E-state index contributed by atoms with van der Waals surface area (Å²) in [7, 11) is 0. The van der Waals surface area contributed by atoms with Crippen LogP contribution in [-0.2, 0) is 9.53 Å². The van der Waals surface area contributed by atoms with Crippen LogP contribution in [0.5, 0.6) is 0 Å². The standard InChI is InChI=1S/C11H19NO2/c1-3-5-6-9-12-11(13)8-7-10-14-4-2/h4,6-10H2,1-2H3,(H,12,13). The summed E-state index contributed by atoms with van der Waals surface area (Å²) in [5, 5.41) is 2.80. The lowest BCUT2D eigenvalue weighted by Crippen LogP contribution is -2.24. The zero-order chi connectivity index (χ0) is 10.6. The number of hydrogen-bond donors (Lipinski definition) is 1. The Morgan fingerprint density at radius 1 is 1.50 bits per heavy atom. The van der Waals surface area contributed by atoms with E-state index in [-0.39, 0.29) is 5.91 Å². The molecule has 0 aliphatic rings. The predicted molar refractivity (Wildman–Crippen MR) is 56.8 cm³/mol. The fourth-order valence-corrected chi connectivity index (χ4v) is 0.957. The minimum absolute atomic E-state index is 0.0857. The Balaban J connectivity index is 3.22. The average molecular weight is 197 g/mol. The first-order valence-electron chi connectivity index (χ1n) is 5.05. The molecule has 14 heavy (non-hydrogen) atoms. The van der Waals surface area contributed by atoms with Crippen molar-refractivity contribution < 1.29 is 9.53 Å². The predicted octanol–water partition coefficient (Wildman–Crippen LogP) is 1.33. The molecule has 0 aromatic carbocycles. The van der Waals surface area contributed by atoms with Crippen molar-refractivity contribution in [3.63, 3.8) is 0 Å². The van der Waals surface area contributed by atoms with Gasteiger partial charge in [-0.3, -0.25) is 4.79 Å². The van der Waals surface area contributed by atoms with E-state index in [1.807, 2.05) is 6.92 Å². The molecular weight excluding hydrogens is 178 g/mol. The normalized spacial score (nSPS) is 9.00. The molecule has 0 rings (SSSR count). The molecule has 1 amide bonds. The molecule has 0 fully saturated rings. The molecule has 0 radical (unpaired) electrons. The third-order valence-corrected chi connectivity index (χ3v) is 1.65. The van der Waals surface area contributed by atoms with Crippen molar-refractivity contribution in [1.82, 2.24) is 5.32 Å². The Labute approximate surface area is 86.2 Å². The summed E-state index contributed by atoms with van der Waals surface area (Å²) in [6, 6.07) is 0. The Bertz CT molecular complexity index is 203. The number of amides is 1. The van der Waals surface area contributed by atoms with Gasteiger partial charge in [0.2, 0.25) is 5.91 Å². The van der Waals surface area contributed by atoms with Gasteiger partial charge >= 0.3 is 0 Å². The molecule has 1 N–H and O–H groups in total. The molecular formula is C11H19NO2. The third-order valence-electron chi connectivity index (χ3n) is 1.65. The molecule has 0 aliphatic heterocycles. The molecule has 0 aliphatic carbocycles. The van der Waals surface area contributed by atoms with Crippen LogP contribution in [0.3, 0.4) is 0 Å². The van der Waals surface area contributed by atoms with Crippen molar-refractivity contribution in [2.24, 2.45) is 0 Å². The van der Waals surface area contributed by atoms with Crippen LogP contribution < -0.4 is 5.32 Å². The van der Waals surface area contributed by atoms with Crippen LogP contribution in [0, 0.1) is 11.8 Å². The monoisotopic (exact) mass is 197 g/mol.